The van der Waals surface area contributed by atoms with Gasteiger partial charge in [-0.15, -0.1) is 0 Å². The highest BCUT2D eigenvalue weighted by molar-refractivity contribution is 5.75. The monoisotopic (exact) mass is 243 g/mol. The second-order valence-electron chi connectivity index (χ2n) is 5.57. The van der Waals surface area contributed by atoms with Crippen molar-refractivity contribution in [2.45, 2.75) is 38.1 Å². The van der Waals surface area contributed by atoms with Crippen molar-refractivity contribution in [2.75, 3.05) is 0 Å². The highest BCUT2D eigenvalue weighted by Gasteiger charge is 2.21. The topological polar surface area (TPSA) is 43.8 Å². The summed E-state index contributed by atoms with van der Waals surface area (Å²) in [6.45, 7) is 0. The minimum atomic E-state index is 0.401. The van der Waals surface area contributed by atoms with Crippen LogP contribution in [0.3, 0.4) is 0 Å². The standard InChI is InChI=1S/C15H21N3/c1-18-14-8-3-2-7-13(14)17-15(18)10-11-5-4-6-12(16)9-11/h2-3,7-8,11-12H,4-6,9-10,16H2,1H3. The molecule has 0 amide bonds. The van der Waals surface area contributed by atoms with Gasteiger partial charge in [0, 0.05) is 19.5 Å². The van der Waals surface area contributed by atoms with Crippen LogP contribution in [0.4, 0.5) is 0 Å². The van der Waals surface area contributed by atoms with E-state index < -0.39 is 0 Å². The average molecular weight is 243 g/mol. The molecule has 1 fully saturated rings. The normalized spacial score (nSPS) is 24.6. The second kappa shape index (κ2) is 4.73. The fraction of sp³-hybridized carbons (Fsp3) is 0.533. The Labute approximate surface area is 108 Å². The Morgan fingerprint density at radius 1 is 1.33 bits per heavy atom. The third kappa shape index (κ3) is 2.15. The van der Waals surface area contributed by atoms with Crippen LogP contribution in [0.5, 0.6) is 0 Å². The molecule has 2 N–H and O–H groups in total. The van der Waals surface area contributed by atoms with Crippen molar-refractivity contribution < 1.29 is 0 Å². The molecular weight excluding hydrogens is 222 g/mol. The van der Waals surface area contributed by atoms with Gasteiger partial charge < -0.3 is 10.3 Å². The van der Waals surface area contributed by atoms with Crippen molar-refractivity contribution in [3.63, 3.8) is 0 Å². The third-order valence-electron chi connectivity index (χ3n) is 4.17. The van der Waals surface area contributed by atoms with Gasteiger partial charge in [-0.3, -0.25) is 0 Å². The first-order chi connectivity index (χ1) is 8.74. The van der Waals surface area contributed by atoms with Crippen LogP contribution in [-0.2, 0) is 13.5 Å². The number of benzene rings is 1. The lowest BCUT2D eigenvalue weighted by atomic mass is 9.84. The van der Waals surface area contributed by atoms with Crippen LogP contribution in [0.25, 0.3) is 11.0 Å². The van der Waals surface area contributed by atoms with E-state index in [0.29, 0.717) is 12.0 Å². The zero-order valence-electron chi connectivity index (χ0n) is 11.0. The van der Waals surface area contributed by atoms with Gasteiger partial charge in [-0.2, -0.15) is 0 Å². The molecule has 0 radical (unpaired) electrons. The quantitative estimate of drug-likeness (QED) is 0.881. The molecule has 3 heteroatoms. The van der Waals surface area contributed by atoms with E-state index in [1.54, 1.807) is 0 Å². The number of aromatic nitrogens is 2. The molecule has 0 aliphatic heterocycles. The molecule has 0 saturated heterocycles. The highest BCUT2D eigenvalue weighted by Crippen LogP contribution is 2.27. The zero-order valence-corrected chi connectivity index (χ0v) is 11.0. The Balaban J connectivity index is 1.84. The summed E-state index contributed by atoms with van der Waals surface area (Å²) < 4.78 is 2.23. The van der Waals surface area contributed by atoms with Gasteiger partial charge in [0.1, 0.15) is 5.82 Å². The number of nitrogens with zero attached hydrogens (tertiary/aromatic N) is 2. The Bertz CT molecular complexity index is 544. The second-order valence-corrected chi connectivity index (χ2v) is 5.57. The summed E-state index contributed by atoms with van der Waals surface area (Å²) >= 11 is 0. The molecule has 2 atom stereocenters. The van der Waals surface area contributed by atoms with E-state index >= 15 is 0 Å². The summed E-state index contributed by atoms with van der Waals surface area (Å²) in [6, 6.07) is 8.75. The molecule has 0 spiro atoms. The fourth-order valence-electron chi connectivity index (χ4n) is 3.15. The molecular formula is C15H21N3. The van der Waals surface area contributed by atoms with Crippen molar-refractivity contribution in [1.29, 1.82) is 0 Å². The number of nitrogens with two attached hydrogens (primary N) is 1. The molecule has 1 aliphatic carbocycles. The van der Waals surface area contributed by atoms with Crippen molar-refractivity contribution >= 4 is 11.0 Å². The summed E-state index contributed by atoms with van der Waals surface area (Å²) in [5.74, 6) is 1.92. The summed E-state index contributed by atoms with van der Waals surface area (Å²) in [5, 5.41) is 0. The van der Waals surface area contributed by atoms with Crippen molar-refractivity contribution in [1.82, 2.24) is 9.55 Å². The molecule has 1 heterocycles. The number of hydrogen-bond donors (Lipinski definition) is 1. The Hall–Kier alpha value is -1.35. The lowest BCUT2D eigenvalue weighted by molar-refractivity contribution is 0.315. The van der Waals surface area contributed by atoms with Gasteiger partial charge >= 0.3 is 0 Å². The third-order valence-corrected chi connectivity index (χ3v) is 4.17. The van der Waals surface area contributed by atoms with E-state index in [1.165, 1.54) is 30.6 Å². The minimum absolute atomic E-state index is 0.401. The van der Waals surface area contributed by atoms with Gasteiger partial charge in [0.25, 0.3) is 0 Å². The molecule has 1 aromatic carbocycles. The van der Waals surface area contributed by atoms with Crippen LogP contribution < -0.4 is 5.73 Å². The predicted molar refractivity (Wildman–Crippen MR) is 74.4 cm³/mol. The number of rotatable bonds is 2. The SMILES string of the molecule is Cn1c(CC2CCCC(N)C2)nc2ccccc21. The molecule has 1 aliphatic rings. The number of hydrogen-bond acceptors (Lipinski definition) is 2. The van der Waals surface area contributed by atoms with Gasteiger partial charge in [0.2, 0.25) is 0 Å². The van der Waals surface area contributed by atoms with E-state index in [0.717, 1.165) is 18.4 Å². The zero-order chi connectivity index (χ0) is 12.5. The lowest BCUT2D eigenvalue weighted by Crippen LogP contribution is -2.29. The summed E-state index contributed by atoms with van der Waals surface area (Å²) in [6.07, 6.45) is 5.99. The van der Waals surface area contributed by atoms with E-state index in [-0.39, 0.29) is 0 Å². The molecule has 1 saturated carbocycles. The molecule has 2 unspecified atom stereocenters. The fourth-order valence-corrected chi connectivity index (χ4v) is 3.15. The molecule has 0 bridgehead atoms. The van der Waals surface area contributed by atoms with Crippen molar-refractivity contribution in [3.8, 4) is 0 Å². The maximum absolute atomic E-state index is 6.06. The van der Waals surface area contributed by atoms with Gasteiger partial charge in [-0.1, -0.05) is 18.6 Å². The van der Waals surface area contributed by atoms with Gasteiger partial charge in [0.05, 0.1) is 11.0 Å². The summed E-state index contributed by atoms with van der Waals surface area (Å²) in [4.78, 5) is 4.75. The van der Waals surface area contributed by atoms with Gasteiger partial charge in [-0.05, 0) is 37.3 Å². The van der Waals surface area contributed by atoms with Crippen LogP contribution in [-0.4, -0.2) is 15.6 Å². The first-order valence-corrected chi connectivity index (χ1v) is 6.90. The van der Waals surface area contributed by atoms with E-state index in [1.807, 2.05) is 0 Å². The minimum Gasteiger partial charge on any atom is -0.331 e. The summed E-state index contributed by atoms with van der Waals surface area (Å²) in [7, 11) is 2.12. The average Bonchev–Trinajstić information content (AvgIpc) is 2.67. The van der Waals surface area contributed by atoms with E-state index in [2.05, 4.69) is 35.9 Å². The Morgan fingerprint density at radius 3 is 2.94 bits per heavy atom. The lowest BCUT2D eigenvalue weighted by Gasteiger charge is -2.26. The van der Waals surface area contributed by atoms with E-state index in [9.17, 15) is 0 Å². The largest absolute Gasteiger partial charge is 0.331 e. The van der Waals surface area contributed by atoms with Gasteiger partial charge in [0.15, 0.2) is 0 Å². The molecule has 1 aromatic heterocycles. The van der Waals surface area contributed by atoms with Gasteiger partial charge in [-0.25, -0.2) is 4.98 Å². The van der Waals surface area contributed by atoms with Crippen LogP contribution in [0, 0.1) is 5.92 Å². The maximum atomic E-state index is 6.06. The predicted octanol–water partition coefficient (Wildman–Crippen LogP) is 2.63. The first kappa shape index (κ1) is 11.7. The number of imidazole rings is 1. The van der Waals surface area contributed by atoms with E-state index in [4.69, 9.17) is 10.7 Å². The molecule has 3 nitrogen and oxygen atoms in total. The van der Waals surface area contributed by atoms with Crippen LogP contribution in [0.15, 0.2) is 24.3 Å². The highest BCUT2D eigenvalue weighted by atomic mass is 15.1. The number of aryl methyl sites for hydroxylation is 1. The van der Waals surface area contributed by atoms with Crippen LogP contribution in [0.1, 0.15) is 31.5 Å². The summed E-state index contributed by atoms with van der Waals surface area (Å²) in [5.41, 5.74) is 8.40. The Kier molecular flexibility index (Phi) is 3.08. The molecule has 96 valence electrons. The smallest absolute Gasteiger partial charge is 0.109 e. The van der Waals surface area contributed by atoms with Crippen molar-refractivity contribution in [3.05, 3.63) is 30.1 Å². The Morgan fingerprint density at radius 2 is 2.17 bits per heavy atom. The number of para-hydroxylation sites is 2. The molecule has 2 aromatic rings. The maximum Gasteiger partial charge on any atom is 0.109 e. The molecule has 18 heavy (non-hydrogen) atoms. The van der Waals surface area contributed by atoms with Crippen molar-refractivity contribution in [2.24, 2.45) is 18.7 Å². The number of fused-ring (bicyclic) bond motifs is 1. The van der Waals surface area contributed by atoms with Crippen LogP contribution >= 0.6 is 0 Å². The first-order valence-electron chi connectivity index (χ1n) is 6.90. The molecule has 3 rings (SSSR count). The van der Waals surface area contributed by atoms with Crippen LogP contribution in [0.2, 0.25) is 0 Å².